The summed E-state index contributed by atoms with van der Waals surface area (Å²) in [5.41, 5.74) is 0. The quantitative estimate of drug-likeness (QED) is 0.277. The van der Waals surface area contributed by atoms with Crippen molar-refractivity contribution in [2.75, 3.05) is 30.3 Å². The second kappa shape index (κ2) is 10.4. The van der Waals surface area contributed by atoms with Gasteiger partial charge in [0.05, 0.1) is 11.5 Å². The van der Waals surface area contributed by atoms with Gasteiger partial charge in [-0.05, 0) is 60.0 Å². The van der Waals surface area contributed by atoms with E-state index in [9.17, 15) is 8.42 Å². The number of halogens is 1. The Morgan fingerprint density at radius 2 is 2.16 bits per heavy atom. The predicted octanol–water partition coefficient (Wildman–Crippen LogP) is 3.06. The van der Waals surface area contributed by atoms with Crippen LogP contribution in [0.15, 0.2) is 38.6 Å². The van der Waals surface area contributed by atoms with Gasteiger partial charge in [0.25, 0.3) is 0 Å². The Kier molecular flexibility index (Phi) is 8.58. The van der Waals surface area contributed by atoms with Crippen LogP contribution in [-0.4, -0.2) is 50.8 Å². The van der Waals surface area contributed by atoms with Gasteiger partial charge in [0, 0.05) is 28.5 Å². The zero-order valence-corrected chi connectivity index (χ0v) is 17.7. The minimum atomic E-state index is -2.87. The van der Waals surface area contributed by atoms with Crippen molar-refractivity contribution in [3.63, 3.8) is 0 Å². The monoisotopic (exact) mass is 447 g/mol. The summed E-state index contributed by atoms with van der Waals surface area (Å²) in [6.45, 7) is 3.52. The maximum absolute atomic E-state index is 11.5. The Hall–Kier alpha value is -0.730. The van der Waals surface area contributed by atoms with E-state index in [2.05, 4.69) is 49.8 Å². The highest BCUT2D eigenvalue weighted by Crippen LogP contribution is 2.27. The average Bonchev–Trinajstić information content (AvgIpc) is 2.91. The van der Waals surface area contributed by atoms with E-state index in [1.807, 2.05) is 24.8 Å². The third-order valence-electron chi connectivity index (χ3n) is 3.83. The van der Waals surface area contributed by atoms with E-state index >= 15 is 0 Å². The highest BCUT2D eigenvalue weighted by Gasteiger charge is 2.28. The minimum absolute atomic E-state index is 0.0196. The predicted molar refractivity (Wildman–Crippen MR) is 110 cm³/mol. The summed E-state index contributed by atoms with van der Waals surface area (Å²) >= 11 is 5.41. The van der Waals surface area contributed by atoms with E-state index in [0.29, 0.717) is 6.42 Å². The topological polar surface area (TPSA) is 70.6 Å². The molecule has 0 bridgehead atoms. The van der Waals surface area contributed by atoms with Crippen molar-refractivity contribution in [1.82, 2.24) is 10.6 Å². The lowest BCUT2D eigenvalue weighted by atomic mass is 10.3. The number of nitrogens with zero attached hydrogens (tertiary/aromatic N) is 1. The zero-order valence-electron chi connectivity index (χ0n) is 14.5. The van der Waals surface area contributed by atoms with Crippen LogP contribution in [0.25, 0.3) is 0 Å². The summed E-state index contributed by atoms with van der Waals surface area (Å²) in [6.07, 6.45) is 2.76. The number of sulfone groups is 1. The average molecular weight is 448 g/mol. The van der Waals surface area contributed by atoms with Crippen LogP contribution in [0.3, 0.4) is 0 Å². The van der Waals surface area contributed by atoms with Crippen LogP contribution < -0.4 is 10.6 Å². The third-order valence-corrected chi connectivity index (χ3v) is 7.72. The van der Waals surface area contributed by atoms with Gasteiger partial charge in [0.1, 0.15) is 0 Å². The maximum Gasteiger partial charge on any atom is 0.191 e. The number of nitrogens with one attached hydrogen (secondary N) is 2. The molecule has 140 valence electrons. The Morgan fingerprint density at radius 1 is 1.36 bits per heavy atom. The lowest BCUT2D eigenvalue weighted by molar-refractivity contribution is 0.599. The molecule has 1 atom stereocenters. The standard InChI is InChI=1S/C17H26BrN3O2S2/c1-2-19-17(21-14-9-12-25(22,23)13-14)20-10-5-6-11-24-16-8-4-3-7-15(16)18/h3-4,7-8,14H,2,5-6,9-13H2,1H3,(H2,19,20,21). The summed E-state index contributed by atoms with van der Waals surface area (Å²) in [6, 6.07) is 8.23. The van der Waals surface area contributed by atoms with Gasteiger partial charge in [-0.2, -0.15) is 0 Å². The minimum Gasteiger partial charge on any atom is -0.357 e. The molecule has 8 heteroatoms. The molecule has 1 aliphatic rings. The number of guanidine groups is 1. The second-order valence-electron chi connectivity index (χ2n) is 5.99. The first kappa shape index (κ1) is 20.6. The van der Waals surface area contributed by atoms with Crippen molar-refractivity contribution < 1.29 is 8.42 Å². The molecule has 1 heterocycles. The number of unbranched alkanes of at least 4 members (excludes halogenated alkanes) is 1. The Morgan fingerprint density at radius 3 is 2.84 bits per heavy atom. The summed E-state index contributed by atoms with van der Waals surface area (Å²) < 4.78 is 24.2. The van der Waals surface area contributed by atoms with E-state index in [-0.39, 0.29) is 17.5 Å². The van der Waals surface area contributed by atoms with E-state index in [1.54, 1.807) is 0 Å². The maximum atomic E-state index is 11.5. The summed E-state index contributed by atoms with van der Waals surface area (Å²) in [5.74, 6) is 2.27. The molecule has 1 aromatic carbocycles. The first-order chi connectivity index (χ1) is 12.0. The zero-order chi connectivity index (χ0) is 18.1. The van der Waals surface area contributed by atoms with Crippen LogP contribution >= 0.6 is 27.7 Å². The first-order valence-corrected chi connectivity index (χ1v) is 12.2. The lowest BCUT2D eigenvalue weighted by Crippen LogP contribution is -2.44. The first-order valence-electron chi connectivity index (χ1n) is 8.63. The summed E-state index contributed by atoms with van der Waals surface area (Å²) in [7, 11) is -2.87. The van der Waals surface area contributed by atoms with Crippen LogP contribution in [0.2, 0.25) is 0 Å². The number of hydrogen-bond acceptors (Lipinski definition) is 4. The fourth-order valence-corrected chi connectivity index (χ4v) is 5.82. The van der Waals surface area contributed by atoms with Crippen molar-refractivity contribution in [2.24, 2.45) is 4.99 Å². The molecular weight excluding hydrogens is 422 g/mol. The largest absolute Gasteiger partial charge is 0.357 e. The van der Waals surface area contributed by atoms with Crippen molar-refractivity contribution in [2.45, 2.75) is 37.1 Å². The molecule has 0 saturated carbocycles. The van der Waals surface area contributed by atoms with Gasteiger partial charge in [-0.1, -0.05) is 12.1 Å². The highest BCUT2D eigenvalue weighted by molar-refractivity contribution is 9.10. The Labute approximate surface area is 163 Å². The van der Waals surface area contributed by atoms with Crippen molar-refractivity contribution in [3.05, 3.63) is 28.7 Å². The van der Waals surface area contributed by atoms with E-state index in [4.69, 9.17) is 0 Å². The molecular formula is C17H26BrN3O2S2. The van der Waals surface area contributed by atoms with Crippen LogP contribution in [0, 0.1) is 0 Å². The molecule has 1 aromatic rings. The molecule has 1 aliphatic heterocycles. The number of hydrogen-bond donors (Lipinski definition) is 2. The highest BCUT2D eigenvalue weighted by atomic mass is 79.9. The van der Waals surface area contributed by atoms with E-state index in [0.717, 1.165) is 42.1 Å². The molecule has 2 rings (SSSR count). The Bertz CT molecular complexity index is 680. The van der Waals surface area contributed by atoms with Crippen LogP contribution in [-0.2, 0) is 9.84 Å². The molecule has 2 N–H and O–H groups in total. The number of rotatable bonds is 8. The fourth-order valence-electron chi connectivity index (χ4n) is 2.57. The van der Waals surface area contributed by atoms with Gasteiger partial charge in [-0.3, -0.25) is 4.99 Å². The van der Waals surface area contributed by atoms with Crippen molar-refractivity contribution in [1.29, 1.82) is 0 Å². The van der Waals surface area contributed by atoms with Gasteiger partial charge in [0.2, 0.25) is 0 Å². The number of thioether (sulfide) groups is 1. The van der Waals surface area contributed by atoms with Gasteiger partial charge in [0.15, 0.2) is 15.8 Å². The normalized spacial score (nSPS) is 19.8. The summed E-state index contributed by atoms with van der Waals surface area (Å²) in [4.78, 5) is 5.83. The number of aliphatic imine (C=N–C) groups is 1. The third kappa shape index (κ3) is 7.58. The second-order valence-corrected chi connectivity index (χ2v) is 10.2. The van der Waals surface area contributed by atoms with Gasteiger partial charge >= 0.3 is 0 Å². The van der Waals surface area contributed by atoms with Crippen molar-refractivity contribution in [3.8, 4) is 0 Å². The number of benzene rings is 1. The molecule has 1 unspecified atom stereocenters. The van der Waals surface area contributed by atoms with Gasteiger partial charge in [-0.15, -0.1) is 11.8 Å². The van der Waals surface area contributed by atoms with Gasteiger partial charge in [-0.25, -0.2) is 8.42 Å². The fraction of sp³-hybridized carbons (Fsp3) is 0.588. The summed E-state index contributed by atoms with van der Waals surface area (Å²) in [5, 5.41) is 6.44. The molecule has 0 aromatic heterocycles. The molecule has 0 spiro atoms. The Balaban J connectivity index is 1.69. The molecule has 0 aliphatic carbocycles. The molecule has 25 heavy (non-hydrogen) atoms. The van der Waals surface area contributed by atoms with E-state index < -0.39 is 9.84 Å². The molecule has 1 fully saturated rings. The SMILES string of the molecule is CCNC(=NCCCCSc1ccccc1Br)NC1CCS(=O)(=O)C1. The van der Waals surface area contributed by atoms with Crippen LogP contribution in [0.4, 0.5) is 0 Å². The van der Waals surface area contributed by atoms with Crippen LogP contribution in [0.1, 0.15) is 26.2 Å². The lowest BCUT2D eigenvalue weighted by Gasteiger charge is -2.15. The molecule has 5 nitrogen and oxygen atoms in total. The van der Waals surface area contributed by atoms with Crippen LogP contribution in [0.5, 0.6) is 0 Å². The smallest absolute Gasteiger partial charge is 0.191 e. The van der Waals surface area contributed by atoms with Crippen molar-refractivity contribution >= 4 is 43.5 Å². The van der Waals surface area contributed by atoms with Gasteiger partial charge < -0.3 is 10.6 Å². The molecule has 0 amide bonds. The molecule has 0 radical (unpaired) electrons. The van der Waals surface area contributed by atoms with E-state index in [1.165, 1.54) is 4.90 Å². The molecule has 1 saturated heterocycles.